The van der Waals surface area contributed by atoms with E-state index in [9.17, 15) is 9.59 Å². The summed E-state index contributed by atoms with van der Waals surface area (Å²) >= 11 is 0. The Bertz CT molecular complexity index is 749. The fourth-order valence-electron chi connectivity index (χ4n) is 3.35. The van der Waals surface area contributed by atoms with Crippen LogP contribution >= 0.6 is 0 Å². The van der Waals surface area contributed by atoms with E-state index in [2.05, 4.69) is 0 Å². The van der Waals surface area contributed by atoms with Crippen LogP contribution in [-0.2, 0) is 4.79 Å². The summed E-state index contributed by atoms with van der Waals surface area (Å²) in [6.45, 7) is 3.85. The second kappa shape index (κ2) is 5.65. The van der Waals surface area contributed by atoms with Crippen LogP contribution in [0.3, 0.4) is 0 Å². The molecule has 0 spiro atoms. The molecule has 0 radical (unpaired) electrons. The van der Waals surface area contributed by atoms with Crippen molar-refractivity contribution in [3.8, 4) is 0 Å². The lowest BCUT2D eigenvalue weighted by Crippen LogP contribution is -2.31. The highest BCUT2D eigenvalue weighted by Crippen LogP contribution is 2.43. The molecule has 1 amide bonds. The molecule has 2 aromatic rings. The molecular weight excluding hydrogens is 286 g/mol. The fourth-order valence-corrected chi connectivity index (χ4v) is 3.35. The summed E-state index contributed by atoms with van der Waals surface area (Å²) < 4.78 is 0. The zero-order chi connectivity index (χ0) is 16.6. The molecule has 1 unspecified atom stereocenters. The van der Waals surface area contributed by atoms with Gasteiger partial charge in [-0.2, -0.15) is 0 Å². The number of carbonyl (C=O) groups is 2. The van der Waals surface area contributed by atoms with Crippen LogP contribution in [0.2, 0.25) is 0 Å². The summed E-state index contributed by atoms with van der Waals surface area (Å²) in [6, 6.07) is 17.1. The van der Waals surface area contributed by atoms with Gasteiger partial charge in [-0.25, -0.2) is 0 Å². The molecule has 118 valence electrons. The largest absolute Gasteiger partial charge is 0.315 e. The lowest BCUT2D eigenvalue weighted by atomic mass is 9.75. The van der Waals surface area contributed by atoms with Crippen LogP contribution in [0, 0.1) is 5.41 Å². The number of ketones is 1. The van der Waals surface area contributed by atoms with Crippen molar-refractivity contribution in [3.05, 3.63) is 65.7 Å². The molecule has 1 aliphatic heterocycles. The van der Waals surface area contributed by atoms with E-state index in [1.54, 1.807) is 11.9 Å². The molecule has 3 rings (SSSR count). The molecule has 1 atom stereocenters. The van der Waals surface area contributed by atoms with Crippen molar-refractivity contribution in [2.75, 3.05) is 11.9 Å². The lowest BCUT2D eigenvalue weighted by Gasteiger charge is -2.26. The molecule has 1 heterocycles. The number of nitrogens with zero attached hydrogens (tertiary/aromatic N) is 1. The van der Waals surface area contributed by atoms with E-state index in [1.807, 2.05) is 68.4 Å². The van der Waals surface area contributed by atoms with Gasteiger partial charge in [0, 0.05) is 23.7 Å². The molecule has 23 heavy (non-hydrogen) atoms. The number of para-hydroxylation sites is 1. The maximum absolute atomic E-state index is 12.8. The SMILES string of the molecule is CN1C(=O)C(CC(C)(C)C(=O)c2ccccc2)c2ccccc21. The molecule has 3 heteroatoms. The van der Waals surface area contributed by atoms with E-state index in [1.165, 1.54) is 0 Å². The number of amides is 1. The molecular formula is C20H21NO2. The Labute approximate surface area is 136 Å². The topological polar surface area (TPSA) is 37.4 Å². The number of Topliss-reactive ketones (excluding diaryl/α,β-unsaturated/α-hetero) is 1. The van der Waals surface area contributed by atoms with Crippen LogP contribution in [0.25, 0.3) is 0 Å². The summed E-state index contributed by atoms with van der Waals surface area (Å²) in [5.74, 6) is -0.100. The van der Waals surface area contributed by atoms with Crippen molar-refractivity contribution in [1.29, 1.82) is 0 Å². The molecule has 0 bridgehead atoms. The molecule has 0 aromatic heterocycles. The van der Waals surface area contributed by atoms with Crippen molar-refractivity contribution in [1.82, 2.24) is 0 Å². The number of hydrogen-bond donors (Lipinski definition) is 0. The molecule has 2 aromatic carbocycles. The summed E-state index contributed by atoms with van der Waals surface area (Å²) in [5.41, 5.74) is 2.07. The summed E-state index contributed by atoms with van der Waals surface area (Å²) in [4.78, 5) is 27.1. The van der Waals surface area contributed by atoms with Gasteiger partial charge in [-0.1, -0.05) is 62.4 Å². The molecule has 0 saturated heterocycles. The highest BCUT2D eigenvalue weighted by molar-refractivity contribution is 6.06. The Balaban J connectivity index is 1.89. The van der Waals surface area contributed by atoms with Crippen molar-refractivity contribution >= 4 is 17.4 Å². The van der Waals surface area contributed by atoms with Crippen molar-refractivity contribution < 1.29 is 9.59 Å². The predicted octanol–water partition coefficient (Wildman–Crippen LogP) is 4.05. The number of likely N-dealkylation sites (N-methyl/N-ethyl adjacent to an activating group) is 1. The first-order valence-electron chi connectivity index (χ1n) is 7.88. The Morgan fingerprint density at radius 2 is 1.65 bits per heavy atom. The van der Waals surface area contributed by atoms with Crippen molar-refractivity contribution in [2.45, 2.75) is 26.2 Å². The van der Waals surface area contributed by atoms with Crippen LogP contribution in [0.1, 0.15) is 42.1 Å². The predicted molar refractivity (Wildman–Crippen MR) is 91.8 cm³/mol. The zero-order valence-corrected chi connectivity index (χ0v) is 13.7. The molecule has 3 nitrogen and oxygen atoms in total. The van der Waals surface area contributed by atoms with Gasteiger partial charge in [0.25, 0.3) is 0 Å². The molecule has 0 aliphatic carbocycles. The van der Waals surface area contributed by atoms with Crippen LogP contribution in [0.5, 0.6) is 0 Å². The average Bonchev–Trinajstić information content (AvgIpc) is 2.80. The number of fused-ring (bicyclic) bond motifs is 1. The maximum atomic E-state index is 12.8. The van der Waals surface area contributed by atoms with E-state index in [0.717, 1.165) is 11.3 Å². The first-order chi connectivity index (χ1) is 10.9. The van der Waals surface area contributed by atoms with Gasteiger partial charge < -0.3 is 4.90 Å². The Morgan fingerprint density at radius 1 is 1.04 bits per heavy atom. The lowest BCUT2D eigenvalue weighted by molar-refractivity contribution is -0.119. The van der Waals surface area contributed by atoms with Crippen LogP contribution < -0.4 is 4.90 Å². The minimum absolute atomic E-state index is 0.0696. The highest BCUT2D eigenvalue weighted by Gasteiger charge is 2.41. The van der Waals surface area contributed by atoms with Gasteiger partial charge in [-0.05, 0) is 18.1 Å². The van der Waals surface area contributed by atoms with E-state index >= 15 is 0 Å². The quantitative estimate of drug-likeness (QED) is 0.799. The number of anilines is 1. The van der Waals surface area contributed by atoms with E-state index < -0.39 is 5.41 Å². The van der Waals surface area contributed by atoms with E-state index in [0.29, 0.717) is 12.0 Å². The number of benzene rings is 2. The Kier molecular flexibility index (Phi) is 3.80. The third-order valence-electron chi connectivity index (χ3n) is 4.67. The molecule has 0 N–H and O–H groups in total. The van der Waals surface area contributed by atoms with Crippen LogP contribution in [0.4, 0.5) is 5.69 Å². The summed E-state index contributed by atoms with van der Waals surface area (Å²) in [6.07, 6.45) is 0.515. The van der Waals surface area contributed by atoms with Gasteiger partial charge in [0.15, 0.2) is 5.78 Å². The number of rotatable bonds is 4. The zero-order valence-electron chi connectivity index (χ0n) is 13.7. The fraction of sp³-hybridized carbons (Fsp3) is 0.300. The standard InChI is InChI=1S/C20H21NO2/c1-20(2,18(22)14-9-5-4-6-10-14)13-16-15-11-7-8-12-17(15)21(3)19(16)23/h4-12,16H,13H2,1-3H3. The summed E-state index contributed by atoms with van der Waals surface area (Å²) in [7, 11) is 1.80. The van der Waals surface area contributed by atoms with Crippen LogP contribution in [-0.4, -0.2) is 18.7 Å². The number of hydrogen-bond acceptors (Lipinski definition) is 2. The third-order valence-corrected chi connectivity index (χ3v) is 4.67. The van der Waals surface area contributed by atoms with Crippen molar-refractivity contribution in [3.63, 3.8) is 0 Å². The van der Waals surface area contributed by atoms with Gasteiger partial charge in [-0.3, -0.25) is 9.59 Å². The van der Waals surface area contributed by atoms with Gasteiger partial charge in [0.2, 0.25) is 5.91 Å². The maximum Gasteiger partial charge on any atom is 0.234 e. The smallest absolute Gasteiger partial charge is 0.234 e. The minimum Gasteiger partial charge on any atom is -0.315 e. The highest BCUT2D eigenvalue weighted by atomic mass is 16.2. The molecule has 0 fully saturated rings. The second-order valence-electron chi connectivity index (χ2n) is 6.79. The van der Waals surface area contributed by atoms with Gasteiger partial charge in [-0.15, -0.1) is 0 Å². The van der Waals surface area contributed by atoms with Crippen LogP contribution in [0.15, 0.2) is 54.6 Å². The minimum atomic E-state index is -0.597. The Hall–Kier alpha value is -2.42. The molecule has 0 saturated carbocycles. The van der Waals surface area contributed by atoms with Crippen molar-refractivity contribution in [2.24, 2.45) is 5.41 Å². The van der Waals surface area contributed by atoms with Gasteiger partial charge >= 0.3 is 0 Å². The normalized spacial score (nSPS) is 17.3. The second-order valence-corrected chi connectivity index (χ2v) is 6.79. The van der Waals surface area contributed by atoms with Gasteiger partial charge in [0.05, 0.1) is 5.92 Å². The van der Waals surface area contributed by atoms with E-state index in [-0.39, 0.29) is 17.6 Å². The van der Waals surface area contributed by atoms with E-state index in [4.69, 9.17) is 0 Å². The third kappa shape index (κ3) is 2.67. The van der Waals surface area contributed by atoms with Gasteiger partial charge in [0.1, 0.15) is 0 Å². The molecule has 1 aliphatic rings. The average molecular weight is 307 g/mol. The first-order valence-corrected chi connectivity index (χ1v) is 7.88. The number of carbonyl (C=O) groups excluding carboxylic acids is 2. The monoisotopic (exact) mass is 307 g/mol. The summed E-state index contributed by atoms with van der Waals surface area (Å²) in [5, 5.41) is 0. The Morgan fingerprint density at radius 3 is 2.35 bits per heavy atom. The first kappa shape index (κ1) is 15.5.